The van der Waals surface area contributed by atoms with Gasteiger partial charge in [0.25, 0.3) is 0 Å². The zero-order valence-electron chi connectivity index (χ0n) is 4.24. The summed E-state index contributed by atoms with van der Waals surface area (Å²) in [6, 6.07) is 1.84. The Morgan fingerprint density at radius 3 is 3.62 bits per heavy atom. The van der Waals surface area contributed by atoms with Crippen LogP contribution in [0.1, 0.15) is 0 Å². The highest BCUT2D eigenvalue weighted by atomic mass is 16.5. The van der Waals surface area contributed by atoms with E-state index in [1.165, 1.54) is 0 Å². The van der Waals surface area contributed by atoms with Gasteiger partial charge in [0.2, 0.25) is 5.88 Å². The molecule has 2 heterocycles. The van der Waals surface area contributed by atoms with Gasteiger partial charge in [-0.05, 0) is 0 Å². The van der Waals surface area contributed by atoms with Crippen LogP contribution < -0.4 is 4.74 Å². The Bertz CT molecular complexity index is 176. The van der Waals surface area contributed by atoms with Gasteiger partial charge >= 0.3 is 0 Å². The average molecular weight is 109 g/mol. The van der Waals surface area contributed by atoms with E-state index in [1.54, 1.807) is 17.5 Å². The highest BCUT2D eigenvalue weighted by molar-refractivity contribution is 5.11. The second-order valence-electron chi connectivity index (χ2n) is 1.64. The molecule has 0 saturated carbocycles. The number of nitrogens with zero attached hydrogens (tertiary/aromatic N) is 2. The van der Waals surface area contributed by atoms with E-state index in [4.69, 9.17) is 4.74 Å². The molecule has 3 nitrogen and oxygen atoms in total. The second-order valence-corrected chi connectivity index (χ2v) is 1.64. The molecule has 0 aliphatic carbocycles. The Hall–Kier alpha value is -0.990. The molecule has 0 aromatic carbocycles. The SMILES string of the molecule is [CH]1Cn2nccc2O1. The minimum absolute atomic E-state index is 0.780. The van der Waals surface area contributed by atoms with Crippen LogP contribution in [0.15, 0.2) is 12.3 Å². The second kappa shape index (κ2) is 1.24. The first kappa shape index (κ1) is 3.95. The zero-order valence-corrected chi connectivity index (χ0v) is 4.24. The fraction of sp³-hybridized carbons (Fsp3) is 0.200. The lowest BCUT2D eigenvalue weighted by Crippen LogP contribution is -1.89. The molecule has 0 fully saturated rings. The highest BCUT2D eigenvalue weighted by Crippen LogP contribution is 2.16. The first-order chi connectivity index (χ1) is 3.97. The van der Waals surface area contributed by atoms with Crippen LogP contribution in [0.2, 0.25) is 0 Å². The molecule has 0 N–H and O–H groups in total. The normalized spacial score (nSPS) is 15.5. The summed E-state index contributed by atoms with van der Waals surface area (Å²) >= 11 is 0. The Morgan fingerprint density at radius 1 is 1.75 bits per heavy atom. The quantitative estimate of drug-likeness (QED) is 0.483. The summed E-state index contributed by atoms with van der Waals surface area (Å²) in [5.74, 6) is 0.838. The fourth-order valence-electron chi connectivity index (χ4n) is 0.751. The van der Waals surface area contributed by atoms with E-state index in [0.29, 0.717) is 0 Å². The molecule has 0 amide bonds. The van der Waals surface area contributed by atoms with Crippen LogP contribution in [-0.4, -0.2) is 9.78 Å². The summed E-state index contributed by atoms with van der Waals surface area (Å²) in [6.07, 6.45) is 1.72. The van der Waals surface area contributed by atoms with E-state index in [9.17, 15) is 0 Å². The summed E-state index contributed by atoms with van der Waals surface area (Å²) in [5, 5.41) is 3.96. The molecule has 41 valence electrons. The Balaban J connectivity index is 2.54. The van der Waals surface area contributed by atoms with Gasteiger partial charge in [-0.1, -0.05) is 0 Å². The first-order valence-electron chi connectivity index (χ1n) is 2.47. The van der Waals surface area contributed by atoms with E-state index in [2.05, 4.69) is 5.10 Å². The van der Waals surface area contributed by atoms with Crippen molar-refractivity contribution in [2.45, 2.75) is 6.54 Å². The summed E-state index contributed by atoms with van der Waals surface area (Å²) in [5.41, 5.74) is 0. The number of aromatic nitrogens is 2. The van der Waals surface area contributed by atoms with Crippen molar-refractivity contribution >= 4 is 0 Å². The molecular formula is C5H5N2O. The molecule has 1 aromatic rings. The lowest BCUT2D eigenvalue weighted by atomic mass is 10.7. The van der Waals surface area contributed by atoms with Crippen LogP contribution in [0.4, 0.5) is 0 Å². The van der Waals surface area contributed by atoms with Gasteiger partial charge in [-0.15, -0.1) is 0 Å². The lowest BCUT2D eigenvalue weighted by Gasteiger charge is -1.85. The number of hydrogen-bond donors (Lipinski definition) is 0. The predicted molar refractivity (Wildman–Crippen MR) is 27.2 cm³/mol. The Morgan fingerprint density at radius 2 is 2.75 bits per heavy atom. The van der Waals surface area contributed by atoms with Crippen molar-refractivity contribution in [3.05, 3.63) is 18.9 Å². The monoisotopic (exact) mass is 109 g/mol. The molecule has 8 heavy (non-hydrogen) atoms. The maximum atomic E-state index is 5.01. The van der Waals surface area contributed by atoms with Crippen LogP contribution in [0.3, 0.4) is 0 Å². The minimum atomic E-state index is 0.780. The third-order valence-electron chi connectivity index (χ3n) is 1.13. The van der Waals surface area contributed by atoms with Gasteiger partial charge in [-0.3, -0.25) is 0 Å². The van der Waals surface area contributed by atoms with Crippen molar-refractivity contribution in [3.8, 4) is 5.88 Å². The van der Waals surface area contributed by atoms with Crippen LogP contribution in [0.25, 0.3) is 0 Å². The number of fused-ring (bicyclic) bond motifs is 1. The topological polar surface area (TPSA) is 27.1 Å². The molecule has 1 aliphatic heterocycles. The van der Waals surface area contributed by atoms with E-state index < -0.39 is 0 Å². The molecule has 0 spiro atoms. The Labute approximate surface area is 46.9 Å². The number of ether oxygens (including phenoxy) is 1. The van der Waals surface area contributed by atoms with Crippen LogP contribution in [0, 0.1) is 6.61 Å². The maximum Gasteiger partial charge on any atom is 0.212 e. The van der Waals surface area contributed by atoms with Gasteiger partial charge in [-0.2, -0.15) is 5.10 Å². The van der Waals surface area contributed by atoms with Crippen LogP contribution >= 0.6 is 0 Å². The van der Waals surface area contributed by atoms with Crippen molar-refractivity contribution in [2.75, 3.05) is 0 Å². The number of rotatable bonds is 0. The molecule has 1 aromatic heterocycles. The van der Waals surface area contributed by atoms with Crippen molar-refractivity contribution in [3.63, 3.8) is 0 Å². The Kier molecular flexibility index (Phi) is 0.614. The molecule has 0 saturated heterocycles. The minimum Gasteiger partial charge on any atom is -0.468 e. The summed E-state index contributed by atoms with van der Waals surface area (Å²) in [7, 11) is 0. The van der Waals surface area contributed by atoms with Gasteiger partial charge in [0.1, 0.15) is 0 Å². The lowest BCUT2D eigenvalue weighted by molar-refractivity contribution is 0.434. The van der Waals surface area contributed by atoms with Crippen molar-refractivity contribution in [2.24, 2.45) is 0 Å². The van der Waals surface area contributed by atoms with E-state index in [-0.39, 0.29) is 0 Å². The fourth-order valence-corrected chi connectivity index (χ4v) is 0.751. The third kappa shape index (κ3) is 0.358. The summed E-state index contributed by atoms with van der Waals surface area (Å²) < 4.78 is 6.81. The average Bonchev–Trinajstić information content (AvgIpc) is 2.15. The number of hydrogen-bond acceptors (Lipinski definition) is 2. The van der Waals surface area contributed by atoms with E-state index >= 15 is 0 Å². The largest absolute Gasteiger partial charge is 0.468 e. The molecule has 0 unspecified atom stereocenters. The predicted octanol–water partition coefficient (Wildman–Crippen LogP) is 0.437. The molecule has 3 heteroatoms. The zero-order chi connectivity index (χ0) is 5.40. The van der Waals surface area contributed by atoms with Gasteiger partial charge < -0.3 is 4.74 Å². The van der Waals surface area contributed by atoms with Gasteiger partial charge in [0.15, 0.2) is 6.61 Å². The van der Waals surface area contributed by atoms with Gasteiger partial charge in [0.05, 0.1) is 12.7 Å². The van der Waals surface area contributed by atoms with E-state index in [0.717, 1.165) is 12.4 Å². The molecule has 2 rings (SSSR count). The van der Waals surface area contributed by atoms with Crippen molar-refractivity contribution in [1.82, 2.24) is 9.78 Å². The summed E-state index contributed by atoms with van der Waals surface area (Å²) in [6.45, 7) is 2.50. The standard InChI is InChI=1S/C5H5N2O/c1-2-6-7-3-4-8-5(1)7/h1-2,4H,3H2. The third-order valence-corrected chi connectivity index (χ3v) is 1.13. The van der Waals surface area contributed by atoms with Crippen molar-refractivity contribution < 1.29 is 4.74 Å². The first-order valence-corrected chi connectivity index (χ1v) is 2.47. The van der Waals surface area contributed by atoms with Crippen LogP contribution in [0.5, 0.6) is 5.88 Å². The molecule has 0 bridgehead atoms. The molecule has 0 atom stereocenters. The molecule has 1 aliphatic rings. The molecule has 1 radical (unpaired) electrons. The van der Waals surface area contributed by atoms with Gasteiger partial charge in [0, 0.05) is 6.07 Å². The highest BCUT2D eigenvalue weighted by Gasteiger charge is 2.09. The van der Waals surface area contributed by atoms with E-state index in [1.807, 2.05) is 6.07 Å². The molecular weight excluding hydrogens is 104 g/mol. The maximum absolute atomic E-state index is 5.01. The smallest absolute Gasteiger partial charge is 0.212 e. The van der Waals surface area contributed by atoms with Gasteiger partial charge in [-0.25, -0.2) is 4.68 Å². The van der Waals surface area contributed by atoms with Crippen molar-refractivity contribution in [1.29, 1.82) is 0 Å². The summed E-state index contributed by atoms with van der Waals surface area (Å²) in [4.78, 5) is 0. The van der Waals surface area contributed by atoms with Crippen LogP contribution in [-0.2, 0) is 6.54 Å².